The first-order valence-corrected chi connectivity index (χ1v) is 12.4. The highest BCUT2D eigenvalue weighted by atomic mass is 19.3. The molecule has 2 amide bonds. The number of morpholine rings is 1. The van der Waals surface area contributed by atoms with Gasteiger partial charge in [-0.05, 0) is 31.0 Å². The summed E-state index contributed by atoms with van der Waals surface area (Å²) in [5.74, 6) is -4.08. The lowest BCUT2D eigenvalue weighted by atomic mass is 10.1. The molecule has 0 radical (unpaired) electrons. The van der Waals surface area contributed by atoms with E-state index in [0.29, 0.717) is 43.3 Å². The molecule has 1 saturated carbocycles. The monoisotopic (exact) mass is 516 g/mol. The zero-order valence-electron chi connectivity index (χ0n) is 20.9. The summed E-state index contributed by atoms with van der Waals surface area (Å²) in [7, 11) is 2.81. The number of hydrogen-bond acceptors (Lipinski definition) is 8. The molecule has 1 aromatic carbocycles. The first-order chi connectivity index (χ1) is 17.8. The number of rotatable bonds is 5. The Hall–Kier alpha value is -3.54. The van der Waals surface area contributed by atoms with Gasteiger partial charge in [-0.25, -0.2) is 4.98 Å². The third-order valence-corrected chi connectivity index (χ3v) is 7.13. The molecule has 1 saturated heterocycles. The molecule has 1 aromatic heterocycles. The molecule has 1 aliphatic carbocycles. The predicted octanol–water partition coefficient (Wildman–Crippen LogP) is 3.06. The third-order valence-electron chi connectivity index (χ3n) is 7.13. The minimum absolute atomic E-state index is 0.115. The number of nitrogens with one attached hydrogen (secondary N) is 1. The Morgan fingerprint density at radius 3 is 2.65 bits per heavy atom. The van der Waals surface area contributed by atoms with E-state index in [9.17, 15) is 18.4 Å². The Kier molecular flexibility index (Phi) is 6.84. The van der Waals surface area contributed by atoms with Crippen LogP contribution in [0.25, 0.3) is 0 Å². The molecule has 0 unspecified atom stereocenters. The molecule has 0 atom stereocenters. The van der Waals surface area contributed by atoms with Gasteiger partial charge in [0.05, 0.1) is 38.8 Å². The van der Waals surface area contributed by atoms with E-state index < -0.39 is 18.4 Å². The Morgan fingerprint density at radius 2 is 1.95 bits per heavy atom. The second-order valence-corrected chi connectivity index (χ2v) is 9.48. The number of amides is 2. The summed E-state index contributed by atoms with van der Waals surface area (Å²) in [5, 5.41) is 3.09. The van der Waals surface area contributed by atoms with E-state index in [2.05, 4.69) is 15.3 Å². The van der Waals surface area contributed by atoms with Crippen LogP contribution in [0.5, 0.6) is 5.75 Å². The number of methoxy groups -OCH3 is 1. The van der Waals surface area contributed by atoms with Crippen molar-refractivity contribution in [2.45, 2.75) is 37.6 Å². The maximum atomic E-state index is 14.8. The molecule has 2 aliphatic heterocycles. The fourth-order valence-electron chi connectivity index (χ4n) is 5.10. The highest BCUT2D eigenvalue weighted by Crippen LogP contribution is 2.40. The van der Waals surface area contributed by atoms with E-state index >= 15 is 0 Å². The Bertz CT molecular complexity index is 1180. The largest absolute Gasteiger partial charge is 0.495 e. The van der Waals surface area contributed by atoms with Gasteiger partial charge in [0.25, 0.3) is 11.8 Å². The number of anilines is 4. The molecule has 1 N–H and O–H groups in total. The van der Waals surface area contributed by atoms with Crippen molar-refractivity contribution in [2.24, 2.45) is 0 Å². The van der Waals surface area contributed by atoms with Crippen LogP contribution in [0.2, 0.25) is 0 Å². The van der Waals surface area contributed by atoms with Crippen LogP contribution in [0.1, 0.15) is 36.0 Å². The molecule has 5 rings (SSSR count). The van der Waals surface area contributed by atoms with Crippen molar-refractivity contribution in [3.05, 3.63) is 30.0 Å². The smallest absolute Gasteiger partial charge is 0.342 e. The summed E-state index contributed by atoms with van der Waals surface area (Å²) in [4.78, 5) is 38.4. The lowest BCUT2D eigenvalue weighted by Gasteiger charge is -2.31. The van der Waals surface area contributed by atoms with Crippen molar-refractivity contribution in [1.82, 2.24) is 14.9 Å². The van der Waals surface area contributed by atoms with Gasteiger partial charge < -0.3 is 29.5 Å². The fourth-order valence-corrected chi connectivity index (χ4v) is 5.10. The molecule has 3 heterocycles. The van der Waals surface area contributed by atoms with E-state index in [1.54, 1.807) is 28.0 Å². The van der Waals surface area contributed by atoms with Crippen molar-refractivity contribution in [1.29, 1.82) is 0 Å². The Morgan fingerprint density at radius 1 is 1.22 bits per heavy atom. The Labute approximate surface area is 213 Å². The van der Waals surface area contributed by atoms with Crippen molar-refractivity contribution in [2.75, 3.05) is 62.1 Å². The zero-order chi connectivity index (χ0) is 26.2. The van der Waals surface area contributed by atoms with E-state index in [1.165, 1.54) is 20.4 Å². The molecule has 0 bridgehead atoms. The molecule has 12 heteroatoms. The van der Waals surface area contributed by atoms with Crippen molar-refractivity contribution in [3.63, 3.8) is 0 Å². The van der Waals surface area contributed by atoms with Crippen LogP contribution in [0.3, 0.4) is 0 Å². The van der Waals surface area contributed by atoms with E-state index in [-0.39, 0.29) is 29.4 Å². The van der Waals surface area contributed by atoms with E-state index in [0.717, 1.165) is 30.6 Å². The van der Waals surface area contributed by atoms with E-state index in [4.69, 9.17) is 9.47 Å². The summed E-state index contributed by atoms with van der Waals surface area (Å²) in [6.45, 7) is 1.33. The van der Waals surface area contributed by atoms with Gasteiger partial charge in [-0.2, -0.15) is 13.8 Å². The number of carbonyl (C=O) groups is 2. The van der Waals surface area contributed by atoms with Gasteiger partial charge >= 0.3 is 5.92 Å². The molecule has 2 aromatic rings. The van der Waals surface area contributed by atoms with Crippen molar-refractivity contribution < 1.29 is 27.8 Å². The summed E-state index contributed by atoms with van der Waals surface area (Å²) in [6, 6.07) is 4.89. The van der Waals surface area contributed by atoms with Crippen LogP contribution < -0.4 is 19.9 Å². The maximum Gasteiger partial charge on any atom is 0.342 e. The number of nitrogens with zero attached hydrogens (tertiary/aromatic N) is 5. The summed E-state index contributed by atoms with van der Waals surface area (Å²) >= 11 is 0. The minimum atomic E-state index is -3.54. The number of halogens is 2. The average Bonchev–Trinajstić information content (AvgIpc) is 3.44. The van der Waals surface area contributed by atoms with Crippen LogP contribution in [0.4, 0.5) is 31.9 Å². The molecule has 0 spiro atoms. The SMILES string of the molecule is COc1cc(C(=O)N2CCOCC2)ccc1Nc1ncc2c(n1)N(C1CCCC1)CC(F)(F)C(=O)N2C. The number of benzene rings is 1. The summed E-state index contributed by atoms with van der Waals surface area (Å²) < 4.78 is 40.5. The molecule has 198 valence electrons. The van der Waals surface area contributed by atoms with Crippen LogP contribution in [0.15, 0.2) is 24.4 Å². The highest BCUT2D eigenvalue weighted by molar-refractivity contribution is 6.02. The van der Waals surface area contributed by atoms with Gasteiger partial charge in [-0.15, -0.1) is 0 Å². The number of hydrogen-bond donors (Lipinski definition) is 1. The van der Waals surface area contributed by atoms with Crippen LogP contribution >= 0.6 is 0 Å². The lowest BCUT2D eigenvalue weighted by Crippen LogP contribution is -2.48. The highest BCUT2D eigenvalue weighted by Gasteiger charge is 2.48. The molecule has 2 fully saturated rings. The van der Waals surface area contributed by atoms with Crippen molar-refractivity contribution in [3.8, 4) is 5.75 Å². The summed E-state index contributed by atoms with van der Waals surface area (Å²) in [6.07, 6.45) is 4.78. The first-order valence-electron chi connectivity index (χ1n) is 12.4. The normalized spacial score (nSPS) is 20.0. The average molecular weight is 517 g/mol. The van der Waals surface area contributed by atoms with Crippen LogP contribution in [-0.2, 0) is 9.53 Å². The molecular weight excluding hydrogens is 486 g/mol. The number of aromatic nitrogens is 2. The molecule has 10 nitrogen and oxygen atoms in total. The number of carbonyl (C=O) groups excluding carboxylic acids is 2. The van der Waals surface area contributed by atoms with Gasteiger partial charge in [0, 0.05) is 31.7 Å². The zero-order valence-corrected chi connectivity index (χ0v) is 20.9. The lowest BCUT2D eigenvalue weighted by molar-refractivity contribution is -0.140. The number of fused-ring (bicyclic) bond motifs is 1. The van der Waals surface area contributed by atoms with Gasteiger partial charge in [0.2, 0.25) is 5.95 Å². The third kappa shape index (κ3) is 4.89. The van der Waals surface area contributed by atoms with Gasteiger partial charge in [-0.1, -0.05) is 12.8 Å². The molecule has 3 aliphatic rings. The topological polar surface area (TPSA) is 100 Å². The number of alkyl halides is 2. The minimum Gasteiger partial charge on any atom is -0.495 e. The Balaban J connectivity index is 1.45. The first kappa shape index (κ1) is 25.1. The van der Waals surface area contributed by atoms with Gasteiger partial charge in [0.15, 0.2) is 5.82 Å². The quantitative estimate of drug-likeness (QED) is 0.648. The van der Waals surface area contributed by atoms with Crippen molar-refractivity contribution >= 4 is 35.0 Å². The summed E-state index contributed by atoms with van der Waals surface area (Å²) in [5.41, 5.74) is 1.22. The second-order valence-electron chi connectivity index (χ2n) is 9.48. The number of ether oxygens (including phenoxy) is 2. The molecule has 37 heavy (non-hydrogen) atoms. The van der Waals surface area contributed by atoms with E-state index in [1.807, 2.05) is 0 Å². The van der Waals surface area contributed by atoms with Crippen LogP contribution in [-0.4, -0.2) is 85.7 Å². The standard InChI is InChI=1S/C25H30F2N6O4/c1-31-19-14-28-24(30-21(19)33(17-5-3-4-6-17)15-25(26,27)23(31)35)29-18-8-7-16(13-20(18)36-2)22(34)32-9-11-37-12-10-32/h7-8,13-14,17H,3-6,9-12,15H2,1-2H3,(H,28,29,30). The fraction of sp³-hybridized carbons (Fsp3) is 0.520. The second kappa shape index (κ2) is 10.1. The molecular formula is C25H30F2N6O4. The van der Waals surface area contributed by atoms with Gasteiger partial charge in [0.1, 0.15) is 11.4 Å². The maximum absolute atomic E-state index is 14.8. The predicted molar refractivity (Wildman–Crippen MR) is 133 cm³/mol. The van der Waals surface area contributed by atoms with Crippen LogP contribution in [0, 0.1) is 0 Å². The van der Waals surface area contributed by atoms with Gasteiger partial charge in [-0.3, -0.25) is 9.59 Å².